The molecule has 0 aliphatic carbocycles. The smallest absolute Gasteiger partial charge is 0.337 e. The van der Waals surface area contributed by atoms with Crippen molar-refractivity contribution in [3.8, 4) is 23.3 Å². The maximum atomic E-state index is 12.4. The Morgan fingerprint density at radius 2 is 2.02 bits per heavy atom. The summed E-state index contributed by atoms with van der Waals surface area (Å²) >= 11 is 4.29. The minimum absolute atomic E-state index is 0.105. The van der Waals surface area contributed by atoms with Crippen molar-refractivity contribution in [2.45, 2.75) is 26.1 Å². The summed E-state index contributed by atoms with van der Waals surface area (Å²) in [5.41, 5.74) is 4.46. The molecular weight excluding hydrogens is 748 g/mol. The van der Waals surface area contributed by atoms with Crippen molar-refractivity contribution in [2.24, 2.45) is 5.10 Å². The molecule has 0 fully saturated rings. The summed E-state index contributed by atoms with van der Waals surface area (Å²) in [7, 11) is 1.27. The monoisotopic (exact) mass is 775 g/mol. The van der Waals surface area contributed by atoms with Crippen LogP contribution in [0, 0.1) is 18.5 Å². The van der Waals surface area contributed by atoms with Crippen molar-refractivity contribution in [2.75, 3.05) is 26.9 Å². The highest BCUT2D eigenvalue weighted by atomic mass is 127. The Morgan fingerprint density at radius 3 is 2.73 bits per heavy atom. The number of ether oxygens (including phenoxy) is 4. The molecule has 0 radical (unpaired) electrons. The van der Waals surface area contributed by atoms with Crippen molar-refractivity contribution in [3.05, 3.63) is 59.9 Å². The highest BCUT2D eigenvalue weighted by Crippen LogP contribution is 2.35. The van der Waals surface area contributed by atoms with Gasteiger partial charge in [-0.1, -0.05) is 6.07 Å². The van der Waals surface area contributed by atoms with E-state index in [1.54, 1.807) is 32.0 Å². The van der Waals surface area contributed by atoms with Crippen molar-refractivity contribution >= 4 is 63.4 Å². The van der Waals surface area contributed by atoms with Crippen LogP contribution in [0.4, 0.5) is 4.79 Å². The van der Waals surface area contributed by atoms with Gasteiger partial charge in [0, 0.05) is 14.8 Å². The molecule has 40 heavy (non-hydrogen) atoms. The lowest BCUT2D eigenvalue weighted by Gasteiger charge is -2.28. The van der Waals surface area contributed by atoms with Crippen LogP contribution in [0.5, 0.6) is 17.2 Å². The lowest BCUT2D eigenvalue weighted by Crippen LogP contribution is -2.45. The summed E-state index contributed by atoms with van der Waals surface area (Å²) in [6.45, 7) is 3.47. The number of methoxy groups -OCH3 is 1. The summed E-state index contributed by atoms with van der Waals surface area (Å²) in [5.74, 6) is 0.644. The largest absolute Gasteiger partial charge is 0.490 e. The summed E-state index contributed by atoms with van der Waals surface area (Å²) in [4.78, 5) is 24.5. The quantitative estimate of drug-likeness (QED) is 0.0834. The van der Waals surface area contributed by atoms with Crippen LogP contribution in [0.2, 0.25) is 0 Å². The maximum absolute atomic E-state index is 12.4. The van der Waals surface area contributed by atoms with Crippen LogP contribution in [-0.4, -0.2) is 56.5 Å². The molecule has 4 N–H and O–H groups in total. The molecule has 2 amide bonds. The Labute approximate surface area is 258 Å². The zero-order valence-electron chi connectivity index (χ0n) is 21.8. The zero-order chi connectivity index (χ0) is 29.2. The number of urea groups is 1. The number of aliphatic hydroxyl groups is 1. The molecule has 212 valence electrons. The van der Waals surface area contributed by atoms with Gasteiger partial charge in [-0.05, 0) is 88.9 Å². The number of hydrogen-bond donors (Lipinski definition) is 4. The molecule has 12 nitrogen and oxygen atoms in total. The number of nitrogens with one attached hydrogen (secondary N) is 3. The van der Waals surface area contributed by atoms with Gasteiger partial charge in [-0.15, -0.1) is 0 Å². The van der Waals surface area contributed by atoms with Crippen molar-refractivity contribution in [1.82, 2.24) is 16.1 Å². The minimum Gasteiger partial charge on any atom is -0.490 e. The van der Waals surface area contributed by atoms with E-state index in [1.165, 1.54) is 13.3 Å². The average Bonchev–Trinajstić information content (AvgIpc) is 2.91. The number of benzene rings is 2. The normalized spacial score (nSPS) is 15.5. The van der Waals surface area contributed by atoms with Crippen molar-refractivity contribution in [1.29, 1.82) is 5.26 Å². The van der Waals surface area contributed by atoms with E-state index in [9.17, 15) is 14.7 Å². The third kappa shape index (κ3) is 8.11. The molecule has 0 unspecified atom stereocenters. The third-order valence-electron chi connectivity index (χ3n) is 5.42. The third-order valence-corrected chi connectivity index (χ3v) is 6.84. The van der Waals surface area contributed by atoms with Gasteiger partial charge >= 0.3 is 12.0 Å². The Hall–Kier alpha value is -3.30. The van der Waals surface area contributed by atoms with E-state index in [2.05, 4.69) is 66.3 Å². The number of carbonyl (C=O) groups excluding carboxylic acids is 2. The molecule has 0 saturated carbocycles. The maximum Gasteiger partial charge on any atom is 0.337 e. The van der Waals surface area contributed by atoms with E-state index >= 15 is 0 Å². The number of hydrazone groups is 1. The molecule has 3 rings (SSSR count). The van der Waals surface area contributed by atoms with E-state index in [1.807, 2.05) is 18.2 Å². The number of nitriles is 1. The van der Waals surface area contributed by atoms with Gasteiger partial charge in [0.1, 0.15) is 18.4 Å². The molecule has 0 bridgehead atoms. The summed E-state index contributed by atoms with van der Waals surface area (Å²) in [6, 6.07) is 9.45. The molecule has 0 spiro atoms. The number of nitrogens with zero attached hydrogens (tertiary/aromatic N) is 2. The fraction of sp³-hybridized carbons (Fsp3) is 0.308. The Kier molecular flexibility index (Phi) is 11.6. The number of hydrogen-bond acceptors (Lipinski definition) is 10. The minimum atomic E-state index is -1.17. The van der Waals surface area contributed by atoms with Gasteiger partial charge in [0.25, 0.3) is 0 Å². The molecule has 2 aromatic rings. The summed E-state index contributed by atoms with van der Waals surface area (Å²) < 4.78 is 23.7. The van der Waals surface area contributed by atoms with Gasteiger partial charge in [-0.2, -0.15) is 10.4 Å². The molecule has 2 atom stereocenters. The predicted octanol–water partition coefficient (Wildman–Crippen LogP) is 3.32. The van der Waals surface area contributed by atoms with Crippen LogP contribution in [0.25, 0.3) is 0 Å². The number of esters is 1. The molecule has 2 aromatic carbocycles. The molecular formula is C26H27I2N5O7. The fourth-order valence-corrected chi connectivity index (χ4v) is 5.79. The molecule has 1 aliphatic rings. The fourth-order valence-electron chi connectivity index (χ4n) is 3.75. The van der Waals surface area contributed by atoms with Gasteiger partial charge in [0.05, 0.1) is 35.1 Å². The first kappa shape index (κ1) is 31.2. The Bertz CT molecular complexity index is 1360. The Balaban J connectivity index is 1.72. The number of amides is 2. The molecule has 0 saturated heterocycles. The van der Waals surface area contributed by atoms with Crippen LogP contribution in [0.3, 0.4) is 0 Å². The van der Waals surface area contributed by atoms with E-state index in [-0.39, 0.29) is 18.8 Å². The second kappa shape index (κ2) is 14.9. The molecule has 0 aromatic heterocycles. The second-order valence-electron chi connectivity index (χ2n) is 8.17. The lowest BCUT2D eigenvalue weighted by molar-refractivity contribution is -0.136. The Morgan fingerprint density at radius 1 is 1.25 bits per heavy atom. The summed E-state index contributed by atoms with van der Waals surface area (Å²) in [5, 5.41) is 28.6. The predicted molar refractivity (Wildman–Crippen MR) is 162 cm³/mol. The van der Waals surface area contributed by atoms with Gasteiger partial charge in [0.2, 0.25) is 0 Å². The van der Waals surface area contributed by atoms with Crippen molar-refractivity contribution < 1.29 is 33.6 Å². The number of rotatable bonds is 12. The first-order valence-electron chi connectivity index (χ1n) is 11.9. The van der Waals surface area contributed by atoms with Gasteiger partial charge < -0.3 is 34.7 Å². The number of aliphatic hydroxyl groups excluding tert-OH is 1. The van der Waals surface area contributed by atoms with Crippen LogP contribution in [0.15, 0.2) is 46.7 Å². The van der Waals surface area contributed by atoms with Crippen molar-refractivity contribution in [3.63, 3.8) is 0 Å². The number of allylic oxidation sites excluding steroid dienone is 1. The van der Waals surface area contributed by atoms with E-state index in [4.69, 9.17) is 24.2 Å². The first-order chi connectivity index (χ1) is 19.2. The molecule has 14 heteroatoms. The van der Waals surface area contributed by atoms with Gasteiger partial charge in [-0.3, -0.25) is 5.43 Å². The zero-order valence-corrected chi connectivity index (χ0v) is 26.1. The average molecular weight is 775 g/mol. The van der Waals surface area contributed by atoms with Gasteiger partial charge in [-0.25, -0.2) is 9.59 Å². The van der Waals surface area contributed by atoms with Crippen LogP contribution < -0.4 is 30.3 Å². The van der Waals surface area contributed by atoms with Crippen LogP contribution in [0.1, 0.15) is 31.0 Å². The van der Waals surface area contributed by atoms with Crippen LogP contribution in [-0.2, 0) is 9.53 Å². The second-order valence-corrected chi connectivity index (χ2v) is 10.6. The standard InChI is InChI=1S/C26H27I2N5O7/c1-4-38-20-10-15(23-22(25(35)37-3)14(2)31-26(36)32-23)5-6-19(20)40-13-21(34)33-30-12-16-9-17(27)11-18(28)24(16)39-8-7-29/h5-6,9-12,21,23,33-34H,4,8,13H2,1-3H3,(H2,31,32,36)/b30-12+/t21-,23+/m1/s1. The highest BCUT2D eigenvalue weighted by molar-refractivity contribution is 14.1. The first-order valence-corrected chi connectivity index (χ1v) is 14.1. The summed E-state index contributed by atoms with van der Waals surface area (Å²) in [6.07, 6.45) is 0.318. The highest BCUT2D eigenvalue weighted by Gasteiger charge is 2.32. The SMILES string of the molecule is CCOc1cc([C@@H]2NC(=O)NC(C)=C2C(=O)OC)ccc1OC[C@@H](O)N/N=C/c1cc(I)cc(I)c1OCC#N. The topological polar surface area (TPSA) is 164 Å². The van der Waals surface area contributed by atoms with E-state index < -0.39 is 24.3 Å². The van der Waals surface area contributed by atoms with E-state index in [0.29, 0.717) is 40.7 Å². The lowest BCUT2D eigenvalue weighted by atomic mass is 9.95. The van der Waals surface area contributed by atoms with Gasteiger partial charge in [0.15, 0.2) is 24.3 Å². The number of carbonyl (C=O) groups is 2. The number of halogens is 2. The van der Waals surface area contributed by atoms with Crippen LogP contribution >= 0.6 is 45.2 Å². The molecule has 1 heterocycles. The molecule has 1 aliphatic heterocycles. The van der Waals surface area contributed by atoms with E-state index in [0.717, 1.165) is 7.14 Å².